The standard InChI is InChI=1S/C8H19ClOSi/c1-6-11(9,7-2)10-8(3,4)5/h6-7H2,1-5H3. The van der Waals surface area contributed by atoms with Gasteiger partial charge in [0.15, 0.2) is 0 Å². The monoisotopic (exact) mass is 194 g/mol. The van der Waals surface area contributed by atoms with Gasteiger partial charge in [-0.15, -0.1) is 11.1 Å². The Morgan fingerprint density at radius 3 is 1.64 bits per heavy atom. The van der Waals surface area contributed by atoms with Crippen molar-refractivity contribution < 1.29 is 4.43 Å². The third kappa shape index (κ3) is 4.83. The van der Waals surface area contributed by atoms with E-state index in [1.165, 1.54) is 0 Å². The van der Waals surface area contributed by atoms with Crippen LogP contribution in [-0.2, 0) is 4.43 Å². The largest absolute Gasteiger partial charge is 0.398 e. The van der Waals surface area contributed by atoms with Gasteiger partial charge in [0, 0.05) is 5.60 Å². The lowest BCUT2D eigenvalue weighted by Gasteiger charge is -2.31. The van der Waals surface area contributed by atoms with E-state index in [2.05, 4.69) is 34.6 Å². The van der Waals surface area contributed by atoms with Crippen molar-refractivity contribution in [3.8, 4) is 0 Å². The first kappa shape index (κ1) is 11.5. The Bertz CT molecular complexity index is 116. The zero-order valence-electron chi connectivity index (χ0n) is 8.20. The first-order chi connectivity index (χ1) is 4.83. The van der Waals surface area contributed by atoms with Crippen LogP contribution in [0.3, 0.4) is 0 Å². The van der Waals surface area contributed by atoms with Crippen LogP contribution in [0.25, 0.3) is 0 Å². The van der Waals surface area contributed by atoms with E-state index in [0.717, 1.165) is 12.1 Å². The van der Waals surface area contributed by atoms with E-state index in [-0.39, 0.29) is 5.60 Å². The zero-order chi connectivity index (χ0) is 9.12. The molecule has 0 rings (SSSR count). The van der Waals surface area contributed by atoms with E-state index in [9.17, 15) is 0 Å². The fourth-order valence-electron chi connectivity index (χ4n) is 0.943. The Balaban J connectivity index is 4.08. The summed E-state index contributed by atoms with van der Waals surface area (Å²) in [6.07, 6.45) is 0. The van der Waals surface area contributed by atoms with Gasteiger partial charge >= 0.3 is 0 Å². The third-order valence-corrected chi connectivity index (χ3v) is 6.47. The second-order valence-corrected chi connectivity index (χ2v) is 9.26. The first-order valence-corrected chi connectivity index (χ1v) is 7.55. The summed E-state index contributed by atoms with van der Waals surface area (Å²) < 4.78 is 5.83. The van der Waals surface area contributed by atoms with E-state index >= 15 is 0 Å². The quantitative estimate of drug-likeness (QED) is 0.494. The smallest absolute Gasteiger partial charge is 0.289 e. The molecule has 0 aliphatic carbocycles. The number of halogens is 1. The van der Waals surface area contributed by atoms with Crippen LogP contribution in [0.15, 0.2) is 0 Å². The maximum atomic E-state index is 6.31. The molecule has 0 saturated carbocycles. The normalized spacial score (nSPS) is 13.6. The highest BCUT2D eigenvalue weighted by atomic mass is 35.6. The summed E-state index contributed by atoms with van der Waals surface area (Å²) >= 11 is 6.31. The second-order valence-electron chi connectivity index (χ2n) is 3.80. The molecule has 0 aliphatic heterocycles. The van der Waals surface area contributed by atoms with Gasteiger partial charge in [0.25, 0.3) is 7.63 Å². The molecular formula is C8H19ClOSi. The summed E-state index contributed by atoms with van der Waals surface area (Å²) in [4.78, 5) is 0. The molecule has 0 aliphatic rings. The summed E-state index contributed by atoms with van der Waals surface area (Å²) in [6, 6.07) is 1.98. The van der Waals surface area contributed by atoms with Crippen molar-refractivity contribution in [3.63, 3.8) is 0 Å². The van der Waals surface area contributed by atoms with Crippen LogP contribution < -0.4 is 0 Å². The topological polar surface area (TPSA) is 9.23 Å². The molecule has 0 atom stereocenters. The number of hydrogen-bond donors (Lipinski definition) is 0. The van der Waals surface area contributed by atoms with Crippen molar-refractivity contribution in [1.29, 1.82) is 0 Å². The highest BCUT2D eigenvalue weighted by Gasteiger charge is 2.33. The molecule has 0 aromatic carbocycles. The molecule has 0 spiro atoms. The Labute approximate surface area is 75.9 Å². The molecule has 0 amide bonds. The maximum absolute atomic E-state index is 6.31. The summed E-state index contributed by atoms with van der Waals surface area (Å²) in [5.41, 5.74) is -0.0833. The van der Waals surface area contributed by atoms with Gasteiger partial charge in [0.1, 0.15) is 0 Å². The van der Waals surface area contributed by atoms with Crippen LogP contribution in [-0.4, -0.2) is 13.2 Å². The predicted octanol–water partition coefficient (Wildman–Crippen LogP) is 3.52. The van der Waals surface area contributed by atoms with Gasteiger partial charge in [0.2, 0.25) is 0 Å². The van der Waals surface area contributed by atoms with Crippen molar-refractivity contribution in [3.05, 3.63) is 0 Å². The second kappa shape index (κ2) is 3.92. The average Bonchev–Trinajstić information content (AvgIpc) is 1.84. The Morgan fingerprint density at radius 2 is 1.55 bits per heavy atom. The van der Waals surface area contributed by atoms with Gasteiger partial charge in [-0.1, -0.05) is 13.8 Å². The van der Waals surface area contributed by atoms with Gasteiger partial charge in [-0.25, -0.2) is 0 Å². The molecular weight excluding hydrogens is 176 g/mol. The average molecular weight is 195 g/mol. The molecule has 68 valence electrons. The Morgan fingerprint density at radius 1 is 1.18 bits per heavy atom. The van der Waals surface area contributed by atoms with Crippen LogP contribution in [0.5, 0.6) is 0 Å². The SMILES string of the molecule is CC[Si](Cl)(CC)OC(C)(C)C. The molecule has 0 heterocycles. The highest BCUT2D eigenvalue weighted by molar-refractivity contribution is 7.16. The van der Waals surface area contributed by atoms with Crippen molar-refractivity contribution >= 4 is 18.7 Å². The summed E-state index contributed by atoms with van der Waals surface area (Å²) in [5.74, 6) is 0. The first-order valence-electron chi connectivity index (χ1n) is 4.22. The lowest BCUT2D eigenvalue weighted by molar-refractivity contribution is 0.124. The molecule has 11 heavy (non-hydrogen) atoms. The van der Waals surface area contributed by atoms with Crippen LogP contribution in [0.4, 0.5) is 0 Å². The van der Waals surface area contributed by atoms with Crippen molar-refractivity contribution in [1.82, 2.24) is 0 Å². The minimum atomic E-state index is -1.86. The molecule has 1 nitrogen and oxygen atoms in total. The van der Waals surface area contributed by atoms with E-state index in [1.807, 2.05) is 0 Å². The minimum absolute atomic E-state index is 0.0833. The van der Waals surface area contributed by atoms with E-state index in [1.54, 1.807) is 0 Å². The Hall–Kier alpha value is 0.467. The molecule has 3 heteroatoms. The number of rotatable bonds is 3. The van der Waals surface area contributed by atoms with Crippen LogP contribution >= 0.6 is 11.1 Å². The molecule has 0 fully saturated rings. The van der Waals surface area contributed by atoms with Crippen LogP contribution in [0, 0.1) is 0 Å². The zero-order valence-corrected chi connectivity index (χ0v) is 9.96. The lowest BCUT2D eigenvalue weighted by Crippen LogP contribution is -2.38. The Kier molecular flexibility index (Phi) is 4.09. The molecule has 0 bridgehead atoms. The number of hydrogen-bond acceptors (Lipinski definition) is 1. The molecule has 0 unspecified atom stereocenters. The third-order valence-electron chi connectivity index (χ3n) is 1.55. The van der Waals surface area contributed by atoms with Crippen molar-refractivity contribution in [2.45, 2.75) is 52.3 Å². The van der Waals surface area contributed by atoms with E-state index in [0.29, 0.717) is 0 Å². The van der Waals surface area contributed by atoms with Gasteiger partial charge in [-0.05, 0) is 32.9 Å². The van der Waals surface area contributed by atoms with Crippen LogP contribution in [0.2, 0.25) is 12.1 Å². The fourth-order valence-corrected chi connectivity index (χ4v) is 3.52. The highest BCUT2D eigenvalue weighted by Crippen LogP contribution is 2.27. The molecule has 0 aromatic heterocycles. The maximum Gasteiger partial charge on any atom is 0.289 e. The van der Waals surface area contributed by atoms with Crippen molar-refractivity contribution in [2.24, 2.45) is 0 Å². The fraction of sp³-hybridized carbons (Fsp3) is 1.00. The molecule has 0 saturated heterocycles. The van der Waals surface area contributed by atoms with E-state index < -0.39 is 7.63 Å². The van der Waals surface area contributed by atoms with Gasteiger partial charge < -0.3 is 4.43 Å². The molecule has 0 N–H and O–H groups in total. The van der Waals surface area contributed by atoms with Gasteiger partial charge in [-0.3, -0.25) is 0 Å². The van der Waals surface area contributed by atoms with Gasteiger partial charge in [-0.2, -0.15) is 0 Å². The summed E-state index contributed by atoms with van der Waals surface area (Å²) in [5, 5.41) is 0. The van der Waals surface area contributed by atoms with Gasteiger partial charge in [0.05, 0.1) is 0 Å². The van der Waals surface area contributed by atoms with Crippen molar-refractivity contribution in [2.75, 3.05) is 0 Å². The van der Waals surface area contributed by atoms with Crippen LogP contribution in [0.1, 0.15) is 34.6 Å². The molecule has 0 radical (unpaired) electrons. The predicted molar refractivity (Wildman–Crippen MR) is 53.4 cm³/mol. The van der Waals surface area contributed by atoms with E-state index in [4.69, 9.17) is 15.5 Å². The minimum Gasteiger partial charge on any atom is -0.398 e. The summed E-state index contributed by atoms with van der Waals surface area (Å²) in [6.45, 7) is 10.4. The lowest BCUT2D eigenvalue weighted by atomic mass is 10.2. The summed E-state index contributed by atoms with van der Waals surface area (Å²) in [7, 11) is -1.86. The molecule has 0 aromatic rings.